The molecule has 0 amide bonds. The highest BCUT2D eigenvalue weighted by Gasteiger charge is 2.44. The largest absolute Gasteiger partial charge is 0.481 e. The minimum absolute atomic E-state index is 0.330. The van der Waals surface area contributed by atoms with Crippen LogP contribution in [-0.4, -0.2) is 20.9 Å². The first kappa shape index (κ1) is 11.2. The maximum Gasteiger partial charge on any atom is 0.310 e. The summed E-state index contributed by atoms with van der Waals surface area (Å²) in [6.45, 7) is 4.13. The zero-order valence-electron chi connectivity index (χ0n) is 9.81. The van der Waals surface area contributed by atoms with Crippen LogP contribution in [0.4, 0.5) is 0 Å². The summed E-state index contributed by atoms with van der Waals surface area (Å²) in [6.07, 6.45) is 5.10. The van der Waals surface area contributed by atoms with Crippen molar-refractivity contribution in [2.24, 2.45) is 5.41 Å². The molecule has 1 aromatic heterocycles. The molecule has 4 nitrogen and oxygen atoms in total. The van der Waals surface area contributed by atoms with Crippen LogP contribution < -0.4 is 0 Å². The molecule has 4 heteroatoms. The zero-order chi connectivity index (χ0) is 11.8. The number of aliphatic carboxylic acids is 1. The lowest BCUT2D eigenvalue weighted by Gasteiger charge is -2.37. The van der Waals surface area contributed by atoms with E-state index in [1.807, 2.05) is 16.9 Å². The van der Waals surface area contributed by atoms with Crippen LogP contribution in [0.5, 0.6) is 0 Å². The van der Waals surface area contributed by atoms with Crippen molar-refractivity contribution in [3.8, 4) is 0 Å². The lowest BCUT2D eigenvalue weighted by molar-refractivity contribution is -0.154. The van der Waals surface area contributed by atoms with E-state index in [0.717, 1.165) is 25.0 Å². The molecule has 1 aromatic rings. The lowest BCUT2D eigenvalue weighted by Crippen LogP contribution is -2.40. The minimum atomic E-state index is -0.669. The highest BCUT2D eigenvalue weighted by molar-refractivity contribution is 5.76. The Bertz CT molecular complexity index is 391. The van der Waals surface area contributed by atoms with Crippen LogP contribution in [0, 0.1) is 5.41 Å². The third-order valence-corrected chi connectivity index (χ3v) is 3.48. The van der Waals surface area contributed by atoms with Gasteiger partial charge in [-0.3, -0.25) is 9.48 Å². The molecule has 88 valence electrons. The maximum atomic E-state index is 11.2. The molecule has 0 spiro atoms. The maximum absolute atomic E-state index is 11.2. The van der Waals surface area contributed by atoms with E-state index < -0.39 is 11.4 Å². The molecule has 1 fully saturated rings. The zero-order valence-corrected chi connectivity index (χ0v) is 9.81. The average molecular weight is 222 g/mol. The molecule has 0 unspecified atom stereocenters. The Morgan fingerprint density at radius 2 is 2.31 bits per heavy atom. The van der Waals surface area contributed by atoms with Gasteiger partial charge in [0.25, 0.3) is 0 Å². The number of carbonyl (C=O) groups is 1. The molecule has 1 saturated carbocycles. The predicted molar refractivity (Wildman–Crippen MR) is 60.2 cm³/mol. The van der Waals surface area contributed by atoms with Crippen molar-refractivity contribution in [3.63, 3.8) is 0 Å². The summed E-state index contributed by atoms with van der Waals surface area (Å²) in [6, 6.07) is 2.26. The monoisotopic (exact) mass is 222 g/mol. The third-order valence-electron chi connectivity index (χ3n) is 3.48. The van der Waals surface area contributed by atoms with Crippen LogP contribution in [-0.2, 0) is 11.2 Å². The number of hydrogen-bond acceptors (Lipinski definition) is 2. The van der Waals surface area contributed by atoms with E-state index in [-0.39, 0.29) is 0 Å². The molecule has 0 aliphatic heterocycles. The summed E-state index contributed by atoms with van der Waals surface area (Å²) in [5.41, 5.74) is 0.367. The second-order valence-corrected chi connectivity index (χ2v) is 5.00. The van der Waals surface area contributed by atoms with Crippen molar-refractivity contribution in [1.29, 1.82) is 0 Å². The number of hydrogen-bond donors (Lipinski definition) is 1. The van der Waals surface area contributed by atoms with Gasteiger partial charge in [-0.15, -0.1) is 0 Å². The first-order valence-electron chi connectivity index (χ1n) is 5.81. The standard InChI is InChI=1S/C12H18N2O2/c1-9(2)14-7-4-10(13-14)8-12(11(15)16)5-3-6-12/h4,7,9H,3,5-6,8H2,1-2H3,(H,15,16). The van der Waals surface area contributed by atoms with E-state index in [2.05, 4.69) is 18.9 Å². The van der Waals surface area contributed by atoms with Crippen molar-refractivity contribution in [1.82, 2.24) is 9.78 Å². The van der Waals surface area contributed by atoms with Crippen LogP contribution >= 0.6 is 0 Å². The molecule has 2 rings (SSSR count). The third kappa shape index (κ3) is 1.84. The molecule has 0 aromatic carbocycles. The van der Waals surface area contributed by atoms with Gasteiger partial charge >= 0.3 is 5.97 Å². The molecule has 0 atom stereocenters. The van der Waals surface area contributed by atoms with E-state index in [9.17, 15) is 9.90 Å². The number of carboxylic acids is 1. The van der Waals surface area contributed by atoms with E-state index >= 15 is 0 Å². The van der Waals surface area contributed by atoms with Gasteiger partial charge in [0, 0.05) is 18.7 Å². The predicted octanol–water partition coefficient (Wildman–Crippen LogP) is 2.26. The topological polar surface area (TPSA) is 55.1 Å². The molecule has 0 bridgehead atoms. The van der Waals surface area contributed by atoms with Crippen molar-refractivity contribution in [3.05, 3.63) is 18.0 Å². The van der Waals surface area contributed by atoms with Crippen LogP contribution in [0.3, 0.4) is 0 Å². The molecule has 1 N–H and O–H groups in total. The van der Waals surface area contributed by atoms with E-state index in [4.69, 9.17) is 0 Å². The van der Waals surface area contributed by atoms with E-state index in [0.29, 0.717) is 12.5 Å². The second kappa shape index (κ2) is 3.92. The second-order valence-electron chi connectivity index (χ2n) is 5.00. The fourth-order valence-electron chi connectivity index (χ4n) is 2.18. The number of nitrogens with zero attached hydrogens (tertiary/aromatic N) is 2. The van der Waals surface area contributed by atoms with Gasteiger partial charge in [-0.25, -0.2) is 0 Å². The summed E-state index contributed by atoms with van der Waals surface area (Å²) in [7, 11) is 0. The van der Waals surface area contributed by atoms with Gasteiger partial charge in [0.05, 0.1) is 11.1 Å². The summed E-state index contributed by atoms with van der Waals surface area (Å²) < 4.78 is 1.88. The van der Waals surface area contributed by atoms with Gasteiger partial charge in [-0.1, -0.05) is 6.42 Å². The van der Waals surface area contributed by atoms with Gasteiger partial charge in [0.1, 0.15) is 0 Å². The van der Waals surface area contributed by atoms with Gasteiger partial charge in [-0.05, 0) is 32.8 Å². The van der Waals surface area contributed by atoms with E-state index in [1.54, 1.807) is 0 Å². The Morgan fingerprint density at radius 3 is 2.69 bits per heavy atom. The summed E-state index contributed by atoms with van der Waals surface area (Å²) >= 11 is 0. The highest BCUT2D eigenvalue weighted by Crippen LogP contribution is 2.43. The Balaban J connectivity index is 2.11. The smallest absolute Gasteiger partial charge is 0.310 e. The fourth-order valence-corrected chi connectivity index (χ4v) is 2.18. The molecule has 1 heterocycles. The minimum Gasteiger partial charge on any atom is -0.481 e. The molecule has 1 aliphatic carbocycles. The van der Waals surface area contributed by atoms with Crippen molar-refractivity contribution in [2.45, 2.75) is 45.6 Å². The molecule has 0 radical (unpaired) electrons. The van der Waals surface area contributed by atoms with Gasteiger partial charge < -0.3 is 5.11 Å². The van der Waals surface area contributed by atoms with Crippen LogP contribution in [0.25, 0.3) is 0 Å². The van der Waals surface area contributed by atoms with Crippen molar-refractivity contribution in [2.75, 3.05) is 0 Å². The quantitative estimate of drug-likeness (QED) is 0.850. The Morgan fingerprint density at radius 1 is 1.62 bits per heavy atom. The Hall–Kier alpha value is -1.32. The molecule has 1 aliphatic rings. The first-order chi connectivity index (χ1) is 7.53. The van der Waals surface area contributed by atoms with Gasteiger partial charge in [0.15, 0.2) is 0 Å². The van der Waals surface area contributed by atoms with Gasteiger partial charge in [-0.2, -0.15) is 5.10 Å². The molecular formula is C12H18N2O2. The summed E-state index contributed by atoms with van der Waals surface area (Å²) in [5, 5.41) is 13.6. The normalized spacial score (nSPS) is 18.4. The van der Waals surface area contributed by atoms with E-state index in [1.165, 1.54) is 0 Å². The number of rotatable bonds is 4. The molecule has 16 heavy (non-hydrogen) atoms. The Labute approximate surface area is 95.3 Å². The van der Waals surface area contributed by atoms with Crippen molar-refractivity contribution >= 4 is 5.97 Å². The fraction of sp³-hybridized carbons (Fsp3) is 0.667. The van der Waals surface area contributed by atoms with Crippen LogP contribution in [0.15, 0.2) is 12.3 Å². The van der Waals surface area contributed by atoms with Crippen LogP contribution in [0.2, 0.25) is 0 Å². The Kier molecular flexibility index (Phi) is 2.74. The van der Waals surface area contributed by atoms with Gasteiger partial charge in [0.2, 0.25) is 0 Å². The highest BCUT2D eigenvalue weighted by atomic mass is 16.4. The molecular weight excluding hydrogens is 204 g/mol. The number of carboxylic acid groups (broad SMARTS) is 1. The lowest BCUT2D eigenvalue weighted by atomic mass is 9.66. The SMILES string of the molecule is CC(C)n1ccc(CC2(C(=O)O)CCC2)n1. The van der Waals surface area contributed by atoms with Crippen molar-refractivity contribution < 1.29 is 9.90 Å². The number of aromatic nitrogens is 2. The average Bonchev–Trinajstić information content (AvgIpc) is 2.58. The molecule has 0 saturated heterocycles. The summed E-state index contributed by atoms with van der Waals surface area (Å²) in [5.74, 6) is -0.669. The first-order valence-corrected chi connectivity index (χ1v) is 5.81. The summed E-state index contributed by atoms with van der Waals surface area (Å²) in [4.78, 5) is 11.2. The van der Waals surface area contributed by atoms with Crippen LogP contribution in [0.1, 0.15) is 44.8 Å².